The molecule has 104 valence electrons. The maximum atomic E-state index is 13.7. The van der Waals surface area contributed by atoms with E-state index in [0.29, 0.717) is 4.47 Å². The third kappa shape index (κ3) is 3.65. The van der Waals surface area contributed by atoms with Crippen LogP contribution in [0.15, 0.2) is 40.9 Å². The fourth-order valence-corrected chi connectivity index (χ4v) is 2.19. The van der Waals surface area contributed by atoms with E-state index in [2.05, 4.69) is 26.6 Å². The molecule has 2 aromatic rings. The van der Waals surface area contributed by atoms with E-state index in [1.54, 1.807) is 12.1 Å². The first kappa shape index (κ1) is 15.2. The van der Waals surface area contributed by atoms with Crippen molar-refractivity contribution in [3.63, 3.8) is 0 Å². The Morgan fingerprint density at radius 2 is 1.80 bits per heavy atom. The predicted octanol–water partition coefficient (Wildman–Crippen LogP) is 5.19. The molecule has 0 aromatic heterocycles. The van der Waals surface area contributed by atoms with E-state index in [4.69, 9.17) is 23.8 Å². The first-order valence-electron chi connectivity index (χ1n) is 5.44. The molecule has 0 aliphatic heterocycles. The van der Waals surface area contributed by atoms with E-state index in [0.717, 1.165) is 0 Å². The Kier molecular flexibility index (Phi) is 4.91. The summed E-state index contributed by atoms with van der Waals surface area (Å²) in [6, 6.07) is 8.96. The highest BCUT2D eigenvalue weighted by Crippen LogP contribution is 2.23. The summed E-state index contributed by atoms with van der Waals surface area (Å²) >= 11 is 13.8. The van der Waals surface area contributed by atoms with Crippen LogP contribution in [0.2, 0.25) is 5.02 Å². The van der Waals surface area contributed by atoms with Crippen LogP contribution in [0.3, 0.4) is 0 Å². The molecule has 2 nitrogen and oxygen atoms in total. The molecule has 0 spiro atoms. The predicted molar refractivity (Wildman–Crippen MR) is 85.4 cm³/mol. The molecule has 0 aliphatic carbocycles. The van der Waals surface area contributed by atoms with Gasteiger partial charge in [-0.2, -0.15) is 0 Å². The van der Waals surface area contributed by atoms with Gasteiger partial charge in [0.15, 0.2) is 10.9 Å². The minimum absolute atomic E-state index is 0.0207. The van der Waals surface area contributed by atoms with Crippen LogP contribution in [-0.4, -0.2) is 5.11 Å². The molecule has 0 bridgehead atoms. The molecular formula is C13H8BrClF2N2S. The molecule has 0 saturated carbocycles. The van der Waals surface area contributed by atoms with Gasteiger partial charge in [-0.05, 0) is 42.5 Å². The van der Waals surface area contributed by atoms with Crippen molar-refractivity contribution in [3.8, 4) is 0 Å². The molecular weight excluding hydrogens is 370 g/mol. The monoisotopic (exact) mass is 376 g/mol. The number of benzene rings is 2. The number of thiocarbonyl (C=S) groups is 1. The largest absolute Gasteiger partial charge is 0.330 e. The third-order valence-corrected chi connectivity index (χ3v) is 3.37. The molecule has 0 atom stereocenters. The SMILES string of the molecule is Fc1cc(Br)ccc1NC(=S)Nc1cccc(Cl)c1F. The van der Waals surface area contributed by atoms with E-state index < -0.39 is 11.6 Å². The summed E-state index contributed by atoms with van der Waals surface area (Å²) in [6.45, 7) is 0. The van der Waals surface area contributed by atoms with Gasteiger partial charge in [-0.25, -0.2) is 8.78 Å². The molecule has 20 heavy (non-hydrogen) atoms. The highest BCUT2D eigenvalue weighted by molar-refractivity contribution is 9.10. The summed E-state index contributed by atoms with van der Waals surface area (Å²) in [5, 5.41) is 5.31. The Balaban J connectivity index is 2.11. The Bertz CT molecular complexity index is 667. The van der Waals surface area contributed by atoms with Gasteiger partial charge in [0.1, 0.15) is 5.82 Å². The summed E-state index contributed by atoms with van der Waals surface area (Å²) in [4.78, 5) is 0. The van der Waals surface area contributed by atoms with Crippen molar-refractivity contribution in [2.75, 3.05) is 10.6 Å². The maximum absolute atomic E-state index is 13.7. The zero-order valence-electron chi connectivity index (χ0n) is 9.88. The minimum Gasteiger partial charge on any atom is -0.330 e. The number of hydrogen-bond acceptors (Lipinski definition) is 1. The van der Waals surface area contributed by atoms with Crippen LogP contribution < -0.4 is 10.6 Å². The fourth-order valence-electron chi connectivity index (χ4n) is 1.47. The smallest absolute Gasteiger partial charge is 0.175 e. The number of halogens is 4. The van der Waals surface area contributed by atoms with Gasteiger partial charge in [0.2, 0.25) is 0 Å². The Labute approximate surface area is 133 Å². The first-order chi connectivity index (χ1) is 9.47. The molecule has 0 radical (unpaired) electrons. The topological polar surface area (TPSA) is 24.1 Å². The number of nitrogens with one attached hydrogen (secondary N) is 2. The zero-order chi connectivity index (χ0) is 14.7. The van der Waals surface area contributed by atoms with Crippen LogP contribution in [0, 0.1) is 11.6 Å². The second-order valence-corrected chi connectivity index (χ2v) is 5.54. The van der Waals surface area contributed by atoms with Crippen molar-refractivity contribution in [2.24, 2.45) is 0 Å². The lowest BCUT2D eigenvalue weighted by atomic mass is 10.3. The quantitative estimate of drug-likeness (QED) is 0.704. The van der Waals surface area contributed by atoms with Gasteiger partial charge < -0.3 is 10.6 Å². The van der Waals surface area contributed by atoms with Gasteiger partial charge in [0.25, 0.3) is 0 Å². The van der Waals surface area contributed by atoms with Crippen LogP contribution in [0.4, 0.5) is 20.2 Å². The van der Waals surface area contributed by atoms with Crippen molar-refractivity contribution < 1.29 is 8.78 Å². The maximum Gasteiger partial charge on any atom is 0.175 e. The molecule has 0 aliphatic rings. The number of hydrogen-bond donors (Lipinski definition) is 2. The van der Waals surface area contributed by atoms with E-state index in [-0.39, 0.29) is 21.5 Å². The molecule has 2 N–H and O–H groups in total. The average Bonchev–Trinajstić information content (AvgIpc) is 2.38. The number of anilines is 2. The minimum atomic E-state index is -0.616. The fraction of sp³-hybridized carbons (Fsp3) is 0. The van der Waals surface area contributed by atoms with Crippen LogP contribution in [0.5, 0.6) is 0 Å². The van der Waals surface area contributed by atoms with Crippen molar-refractivity contribution in [3.05, 3.63) is 57.5 Å². The van der Waals surface area contributed by atoms with Crippen LogP contribution in [0.1, 0.15) is 0 Å². The molecule has 0 fully saturated rings. The van der Waals surface area contributed by atoms with Gasteiger partial charge >= 0.3 is 0 Å². The summed E-state index contributed by atoms with van der Waals surface area (Å²) in [7, 11) is 0. The molecule has 0 amide bonds. The van der Waals surface area contributed by atoms with Gasteiger partial charge in [0, 0.05) is 4.47 Å². The van der Waals surface area contributed by atoms with Gasteiger partial charge in [-0.3, -0.25) is 0 Å². The van der Waals surface area contributed by atoms with Crippen LogP contribution in [-0.2, 0) is 0 Å². The van der Waals surface area contributed by atoms with E-state index >= 15 is 0 Å². The van der Waals surface area contributed by atoms with E-state index in [1.165, 1.54) is 24.3 Å². The Hall–Kier alpha value is -1.24. The summed E-state index contributed by atoms with van der Waals surface area (Å²) < 4.78 is 27.9. The van der Waals surface area contributed by atoms with Crippen molar-refractivity contribution in [1.82, 2.24) is 0 Å². The molecule has 0 saturated heterocycles. The van der Waals surface area contributed by atoms with E-state index in [9.17, 15) is 8.78 Å². The Morgan fingerprint density at radius 3 is 2.50 bits per heavy atom. The van der Waals surface area contributed by atoms with Crippen LogP contribution >= 0.6 is 39.7 Å². The highest BCUT2D eigenvalue weighted by atomic mass is 79.9. The zero-order valence-corrected chi connectivity index (χ0v) is 13.0. The molecule has 7 heteroatoms. The second kappa shape index (κ2) is 6.47. The lowest BCUT2D eigenvalue weighted by molar-refractivity contribution is 0.631. The lowest BCUT2D eigenvalue weighted by Crippen LogP contribution is -2.20. The third-order valence-electron chi connectivity index (χ3n) is 2.38. The van der Waals surface area contributed by atoms with Crippen LogP contribution in [0.25, 0.3) is 0 Å². The molecule has 0 heterocycles. The summed E-state index contributed by atoms with van der Waals surface area (Å²) in [6.07, 6.45) is 0. The second-order valence-electron chi connectivity index (χ2n) is 3.80. The number of rotatable bonds is 2. The highest BCUT2D eigenvalue weighted by Gasteiger charge is 2.09. The standard InChI is InChI=1S/C13H8BrClF2N2S/c14-7-4-5-10(9(16)6-7)18-13(20)19-11-3-1-2-8(15)12(11)17/h1-6H,(H2,18,19,20). The van der Waals surface area contributed by atoms with Gasteiger partial charge in [-0.15, -0.1) is 0 Å². The molecule has 2 aromatic carbocycles. The van der Waals surface area contributed by atoms with E-state index in [1.807, 2.05) is 0 Å². The Morgan fingerprint density at radius 1 is 1.10 bits per heavy atom. The van der Waals surface area contributed by atoms with Gasteiger partial charge in [-0.1, -0.05) is 33.6 Å². The van der Waals surface area contributed by atoms with Gasteiger partial charge in [0.05, 0.1) is 16.4 Å². The van der Waals surface area contributed by atoms with Crippen molar-refractivity contribution >= 4 is 56.2 Å². The van der Waals surface area contributed by atoms with Crippen molar-refractivity contribution in [2.45, 2.75) is 0 Å². The first-order valence-corrected chi connectivity index (χ1v) is 7.02. The average molecular weight is 378 g/mol. The summed E-state index contributed by atoms with van der Waals surface area (Å²) in [5.41, 5.74) is 0.306. The van der Waals surface area contributed by atoms with Crippen molar-refractivity contribution in [1.29, 1.82) is 0 Å². The summed E-state index contributed by atoms with van der Waals surface area (Å²) in [5.74, 6) is -1.09. The molecule has 0 unspecified atom stereocenters. The normalized spacial score (nSPS) is 10.2. The molecule has 2 rings (SSSR count). The lowest BCUT2D eigenvalue weighted by Gasteiger charge is -2.12.